The van der Waals surface area contributed by atoms with Gasteiger partial charge in [-0.3, -0.25) is 4.79 Å². The molecule has 30 heavy (non-hydrogen) atoms. The van der Waals surface area contributed by atoms with Crippen molar-refractivity contribution in [3.05, 3.63) is 101 Å². The molecule has 0 saturated carbocycles. The van der Waals surface area contributed by atoms with Crippen LogP contribution < -0.4 is 5.32 Å². The second kappa shape index (κ2) is 9.59. The molecule has 1 heterocycles. The van der Waals surface area contributed by atoms with Crippen LogP contribution in [0.15, 0.2) is 78.9 Å². The summed E-state index contributed by atoms with van der Waals surface area (Å²) in [6.07, 6.45) is 2.56. The summed E-state index contributed by atoms with van der Waals surface area (Å²) in [6.45, 7) is 1.46. The van der Waals surface area contributed by atoms with E-state index in [0.29, 0.717) is 17.1 Å². The Morgan fingerprint density at radius 2 is 1.63 bits per heavy atom. The first-order valence-electron chi connectivity index (χ1n) is 10.2. The van der Waals surface area contributed by atoms with Crippen LogP contribution in [0.1, 0.15) is 28.2 Å². The molecule has 0 aliphatic rings. The number of nitrogens with zero attached hydrogens (tertiary/aromatic N) is 2. The number of aromatic nitrogens is 2. The molecule has 1 aromatic heterocycles. The number of fused-ring (bicyclic) bond motifs is 1. The number of hydrogen-bond acceptors (Lipinski definition) is 2. The third kappa shape index (κ3) is 4.71. The second-order valence-corrected chi connectivity index (χ2v) is 7.65. The van der Waals surface area contributed by atoms with Gasteiger partial charge in [0.15, 0.2) is 0 Å². The molecular formula is C25H24ClN3O. The van der Waals surface area contributed by atoms with Crippen LogP contribution in [0.4, 0.5) is 0 Å². The number of benzene rings is 3. The zero-order valence-electron chi connectivity index (χ0n) is 16.7. The molecule has 0 aliphatic heterocycles. The minimum atomic E-state index is -0.141. The van der Waals surface area contributed by atoms with Gasteiger partial charge in [-0.05, 0) is 42.7 Å². The lowest BCUT2D eigenvalue weighted by Gasteiger charge is -2.10. The van der Waals surface area contributed by atoms with Crippen LogP contribution in [0.5, 0.6) is 0 Å². The van der Waals surface area contributed by atoms with E-state index in [2.05, 4.69) is 52.3 Å². The third-order valence-electron chi connectivity index (χ3n) is 5.18. The van der Waals surface area contributed by atoms with Crippen LogP contribution in [0.3, 0.4) is 0 Å². The fourth-order valence-corrected chi connectivity index (χ4v) is 3.86. The Labute approximate surface area is 181 Å². The van der Waals surface area contributed by atoms with Crippen LogP contribution in [0.2, 0.25) is 5.02 Å². The summed E-state index contributed by atoms with van der Waals surface area (Å²) in [7, 11) is 0. The molecule has 0 spiro atoms. The van der Waals surface area contributed by atoms with Crippen molar-refractivity contribution in [3.8, 4) is 0 Å². The fourth-order valence-electron chi connectivity index (χ4n) is 3.64. The number of rotatable bonds is 8. The van der Waals surface area contributed by atoms with Gasteiger partial charge in [-0.1, -0.05) is 66.2 Å². The van der Waals surface area contributed by atoms with E-state index in [-0.39, 0.29) is 5.91 Å². The third-order valence-corrected chi connectivity index (χ3v) is 5.51. The summed E-state index contributed by atoms with van der Waals surface area (Å²) in [6, 6.07) is 25.8. The molecule has 0 atom stereocenters. The summed E-state index contributed by atoms with van der Waals surface area (Å²) in [5, 5.41) is 3.43. The lowest BCUT2D eigenvalue weighted by molar-refractivity contribution is 0.0953. The maximum Gasteiger partial charge on any atom is 0.252 e. The lowest BCUT2D eigenvalue weighted by Crippen LogP contribution is -2.25. The molecule has 3 aromatic carbocycles. The normalized spacial score (nSPS) is 11.0. The highest BCUT2D eigenvalue weighted by Gasteiger charge is 2.12. The summed E-state index contributed by atoms with van der Waals surface area (Å²) >= 11 is 6.10. The second-order valence-electron chi connectivity index (χ2n) is 7.24. The number of carbonyl (C=O) groups is 1. The minimum absolute atomic E-state index is 0.141. The maximum absolute atomic E-state index is 12.3. The first-order chi connectivity index (χ1) is 14.7. The maximum atomic E-state index is 12.3. The van der Waals surface area contributed by atoms with Gasteiger partial charge in [-0.25, -0.2) is 4.98 Å². The average molecular weight is 418 g/mol. The largest absolute Gasteiger partial charge is 0.352 e. The van der Waals surface area contributed by atoms with E-state index >= 15 is 0 Å². The predicted octanol–water partition coefficient (Wildman–Crippen LogP) is 5.30. The molecule has 1 amide bonds. The molecule has 0 bridgehead atoms. The molecular weight excluding hydrogens is 394 g/mol. The van der Waals surface area contributed by atoms with Gasteiger partial charge in [0.25, 0.3) is 5.91 Å². The van der Waals surface area contributed by atoms with Crippen molar-refractivity contribution in [2.75, 3.05) is 6.54 Å². The van der Waals surface area contributed by atoms with Gasteiger partial charge >= 0.3 is 0 Å². The predicted molar refractivity (Wildman–Crippen MR) is 122 cm³/mol. The molecule has 0 aliphatic carbocycles. The summed E-state index contributed by atoms with van der Waals surface area (Å²) < 4.78 is 2.30. The zero-order valence-corrected chi connectivity index (χ0v) is 17.5. The van der Waals surface area contributed by atoms with E-state index in [9.17, 15) is 4.79 Å². The number of imidazole rings is 1. The molecule has 0 radical (unpaired) electrons. The smallest absolute Gasteiger partial charge is 0.252 e. The van der Waals surface area contributed by atoms with Crippen LogP contribution in [0.25, 0.3) is 11.0 Å². The first kappa shape index (κ1) is 20.2. The molecule has 1 N–H and O–H groups in total. The highest BCUT2D eigenvalue weighted by molar-refractivity contribution is 6.33. The topological polar surface area (TPSA) is 46.9 Å². The number of hydrogen-bond donors (Lipinski definition) is 1. The Bertz CT molecular complexity index is 1140. The Kier molecular flexibility index (Phi) is 6.45. The van der Waals surface area contributed by atoms with Gasteiger partial charge in [-0.15, -0.1) is 0 Å². The molecule has 4 aromatic rings. The lowest BCUT2D eigenvalue weighted by atomic mass is 10.1. The highest BCUT2D eigenvalue weighted by atomic mass is 35.5. The number of para-hydroxylation sites is 2. The molecule has 0 unspecified atom stereocenters. The molecule has 0 fully saturated rings. The highest BCUT2D eigenvalue weighted by Crippen LogP contribution is 2.18. The monoisotopic (exact) mass is 417 g/mol. The standard InChI is InChI=1S/C25H24ClN3O/c26-21-12-5-4-11-20(21)25(30)27-17-8-15-24-28-22-13-6-7-14-23(22)29(24)18-16-19-9-2-1-3-10-19/h1-7,9-14H,8,15-18H2,(H,27,30). The molecule has 152 valence electrons. The average Bonchev–Trinajstić information content (AvgIpc) is 3.13. The van der Waals surface area contributed by atoms with Gasteiger partial charge in [-0.2, -0.15) is 0 Å². The van der Waals surface area contributed by atoms with Gasteiger partial charge in [0.2, 0.25) is 0 Å². The minimum Gasteiger partial charge on any atom is -0.352 e. The number of halogens is 1. The van der Waals surface area contributed by atoms with Crippen molar-refractivity contribution < 1.29 is 4.79 Å². The Balaban J connectivity index is 1.41. The van der Waals surface area contributed by atoms with Gasteiger partial charge < -0.3 is 9.88 Å². The number of nitrogens with one attached hydrogen (secondary N) is 1. The fraction of sp³-hybridized carbons (Fsp3) is 0.200. The molecule has 5 heteroatoms. The SMILES string of the molecule is O=C(NCCCc1nc2ccccc2n1CCc1ccccc1)c1ccccc1Cl. The van der Waals surface area contributed by atoms with Crippen molar-refractivity contribution >= 4 is 28.5 Å². The van der Waals surface area contributed by atoms with E-state index in [1.54, 1.807) is 12.1 Å². The van der Waals surface area contributed by atoms with Gasteiger partial charge in [0.05, 0.1) is 21.6 Å². The van der Waals surface area contributed by atoms with Gasteiger partial charge in [0.1, 0.15) is 5.82 Å². The Hall–Kier alpha value is -3.11. The van der Waals surface area contributed by atoms with Crippen LogP contribution in [-0.4, -0.2) is 22.0 Å². The van der Waals surface area contributed by atoms with E-state index in [1.165, 1.54) is 5.56 Å². The number of aryl methyl sites for hydroxylation is 3. The zero-order chi connectivity index (χ0) is 20.8. The number of amides is 1. The van der Waals surface area contributed by atoms with E-state index < -0.39 is 0 Å². The van der Waals surface area contributed by atoms with Crippen molar-refractivity contribution in [1.29, 1.82) is 0 Å². The van der Waals surface area contributed by atoms with Crippen molar-refractivity contribution in [2.45, 2.75) is 25.8 Å². The quantitative estimate of drug-likeness (QED) is 0.396. The Morgan fingerprint density at radius 3 is 2.47 bits per heavy atom. The molecule has 0 saturated heterocycles. The van der Waals surface area contributed by atoms with Crippen LogP contribution in [0, 0.1) is 0 Å². The van der Waals surface area contributed by atoms with Crippen LogP contribution >= 0.6 is 11.6 Å². The van der Waals surface area contributed by atoms with Crippen molar-refractivity contribution in [1.82, 2.24) is 14.9 Å². The van der Waals surface area contributed by atoms with Crippen LogP contribution in [-0.2, 0) is 19.4 Å². The Morgan fingerprint density at radius 1 is 0.900 bits per heavy atom. The van der Waals surface area contributed by atoms with E-state index in [1.807, 2.05) is 24.3 Å². The summed E-state index contributed by atoms with van der Waals surface area (Å²) in [4.78, 5) is 17.2. The van der Waals surface area contributed by atoms with E-state index in [0.717, 1.165) is 42.7 Å². The first-order valence-corrected chi connectivity index (χ1v) is 10.6. The molecule has 4 rings (SSSR count). The van der Waals surface area contributed by atoms with Crippen molar-refractivity contribution in [2.24, 2.45) is 0 Å². The summed E-state index contributed by atoms with van der Waals surface area (Å²) in [5.41, 5.74) is 3.99. The van der Waals surface area contributed by atoms with Gasteiger partial charge in [0, 0.05) is 19.5 Å². The van der Waals surface area contributed by atoms with Crippen molar-refractivity contribution in [3.63, 3.8) is 0 Å². The number of carbonyl (C=O) groups excluding carboxylic acids is 1. The van der Waals surface area contributed by atoms with E-state index in [4.69, 9.17) is 16.6 Å². The summed E-state index contributed by atoms with van der Waals surface area (Å²) in [5.74, 6) is 0.914. The molecule has 4 nitrogen and oxygen atoms in total.